The van der Waals surface area contributed by atoms with Crippen LogP contribution in [-0.2, 0) is 0 Å². The Morgan fingerprint density at radius 3 is 2.22 bits per heavy atom. The summed E-state index contributed by atoms with van der Waals surface area (Å²) in [7, 11) is 0. The van der Waals surface area contributed by atoms with Crippen molar-refractivity contribution < 1.29 is 0 Å². The maximum atomic E-state index is 6.08. The van der Waals surface area contributed by atoms with Crippen molar-refractivity contribution >= 4 is 57.8 Å². The van der Waals surface area contributed by atoms with E-state index < -0.39 is 0 Å². The van der Waals surface area contributed by atoms with E-state index >= 15 is 0 Å². The molecule has 1 aromatic rings. The highest BCUT2D eigenvalue weighted by atomic mass is 35.5. The monoisotopic (exact) mass is 322 g/mol. The zero-order valence-corrected chi connectivity index (χ0v) is 12.7. The molecule has 0 aliphatic heterocycles. The predicted molar refractivity (Wildman–Crippen MR) is 83.1 cm³/mol. The number of hydrogen-bond acceptors (Lipinski definition) is 1. The molecule has 18 heavy (non-hydrogen) atoms. The van der Waals surface area contributed by atoms with Gasteiger partial charge in [0.2, 0.25) is 0 Å². The molecule has 0 amide bonds. The predicted octanol–water partition coefficient (Wildman–Crippen LogP) is 4.88. The Hall–Kier alpha value is -0.220. The van der Waals surface area contributed by atoms with E-state index in [0.717, 1.165) is 12.8 Å². The maximum Gasteiger partial charge on any atom is 0.171 e. The average molecular weight is 324 g/mol. The molecule has 1 aliphatic carbocycles. The standard InChI is InChI=1S/C12H13Cl3N2S/c13-7-5-9(14)11(10(15)6-7)17-12(18)16-8-3-1-2-4-8/h5-6,8H,1-4H2,(H2,16,17,18). The van der Waals surface area contributed by atoms with Crippen LogP contribution in [0.15, 0.2) is 12.1 Å². The molecule has 0 spiro atoms. The number of nitrogens with one attached hydrogen (secondary N) is 2. The molecule has 1 aromatic carbocycles. The highest BCUT2D eigenvalue weighted by Gasteiger charge is 2.16. The van der Waals surface area contributed by atoms with Gasteiger partial charge in [0.05, 0.1) is 15.7 Å². The van der Waals surface area contributed by atoms with Crippen molar-refractivity contribution in [3.05, 3.63) is 27.2 Å². The van der Waals surface area contributed by atoms with Crippen molar-refractivity contribution in [2.24, 2.45) is 0 Å². The summed E-state index contributed by atoms with van der Waals surface area (Å²) in [5.41, 5.74) is 0.596. The van der Waals surface area contributed by atoms with Crippen LogP contribution in [0.1, 0.15) is 25.7 Å². The van der Waals surface area contributed by atoms with Gasteiger partial charge in [0, 0.05) is 11.1 Å². The van der Waals surface area contributed by atoms with Crippen molar-refractivity contribution in [1.29, 1.82) is 0 Å². The van der Waals surface area contributed by atoms with Gasteiger partial charge in [-0.15, -0.1) is 0 Å². The van der Waals surface area contributed by atoms with Crippen molar-refractivity contribution in [2.75, 3.05) is 5.32 Å². The minimum Gasteiger partial charge on any atom is -0.360 e. The molecule has 0 unspecified atom stereocenters. The SMILES string of the molecule is S=C(Nc1c(Cl)cc(Cl)cc1Cl)NC1CCCC1. The fourth-order valence-corrected chi connectivity index (χ4v) is 3.25. The minimum atomic E-state index is 0.454. The third-order valence-electron chi connectivity index (χ3n) is 2.94. The fourth-order valence-electron chi connectivity index (χ4n) is 2.07. The van der Waals surface area contributed by atoms with E-state index in [1.54, 1.807) is 12.1 Å². The summed E-state index contributed by atoms with van der Waals surface area (Å²) in [4.78, 5) is 0. The smallest absolute Gasteiger partial charge is 0.171 e. The Balaban J connectivity index is 2.02. The summed E-state index contributed by atoms with van der Waals surface area (Å²) in [5, 5.41) is 8.27. The van der Waals surface area contributed by atoms with E-state index in [0.29, 0.717) is 31.9 Å². The molecule has 6 heteroatoms. The van der Waals surface area contributed by atoms with Crippen LogP contribution in [0.25, 0.3) is 0 Å². The van der Waals surface area contributed by atoms with Crippen molar-refractivity contribution in [1.82, 2.24) is 5.32 Å². The van der Waals surface area contributed by atoms with Gasteiger partial charge in [0.25, 0.3) is 0 Å². The summed E-state index contributed by atoms with van der Waals surface area (Å²) in [6.45, 7) is 0. The molecule has 2 rings (SSSR count). The lowest BCUT2D eigenvalue weighted by Crippen LogP contribution is -2.36. The number of halogens is 3. The first kappa shape index (κ1) is 14.2. The Kier molecular flexibility index (Phi) is 4.96. The summed E-state index contributed by atoms with van der Waals surface area (Å²) in [6.07, 6.45) is 4.82. The molecular weight excluding hydrogens is 311 g/mol. The van der Waals surface area contributed by atoms with Crippen molar-refractivity contribution in [2.45, 2.75) is 31.7 Å². The first-order valence-electron chi connectivity index (χ1n) is 5.78. The molecule has 0 radical (unpaired) electrons. The quantitative estimate of drug-likeness (QED) is 0.759. The zero-order valence-electron chi connectivity index (χ0n) is 9.60. The highest BCUT2D eigenvalue weighted by Crippen LogP contribution is 2.33. The lowest BCUT2D eigenvalue weighted by Gasteiger charge is -2.17. The Labute approximate surface area is 127 Å². The fraction of sp³-hybridized carbons (Fsp3) is 0.417. The summed E-state index contributed by atoms with van der Waals surface area (Å²) < 4.78 is 0. The molecule has 2 N–H and O–H groups in total. The van der Waals surface area contributed by atoms with Crippen molar-refractivity contribution in [3.8, 4) is 0 Å². The van der Waals surface area contributed by atoms with Crippen LogP contribution >= 0.6 is 47.0 Å². The molecule has 0 bridgehead atoms. The van der Waals surface area contributed by atoms with Crippen LogP contribution in [0.4, 0.5) is 5.69 Å². The number of benzene rings is 1. The van der Waals surface area contributed by atoms with Crippen LogP contribution in [0, 0.1) is 0 Å². The second kappa shape index (κ2) is 6.29. The van der Waals surface area contributed by atoms with E-state index in [-0.39, 0.29) is 0 Å². The second-order valence-electron chi connectivity index (χ2n) is 4.32. The third kappa shape index (κ3) is 3.64. The van der Waals surface area contributed by atoms with Gasteiger partial charge in [-0.1, -0.05) is 47.6 Å². The van der Waals surface area contributed by atoms with Gasteiger partial charge < -0.3 is 10.6 Å². The van der Waals surface area contributed by atoms with Crippen molar-refractivity contribution in [3.63, 3.8) is 0 Å². The maximum absolute atomic E-state index is 6.08. The van der Waals surface area contributed by atoms with Gasteiger partial charge in [-0.25, -0.2) is 0 Å². The number of rotatable bonds is 2. The highest BCUT2D eigenvalue weighted by molar-refractivity contribution is 7.80. The average Bonchev–Trinajstić information content (AvgIpc) is 2.76. The lowest BCUT2D eigenvalue weighted by molar-refractivity contribution is 0.634. The summed E-state index contributed by atoms with van der Waals surface area (Å²) in [5.74, 6) is 0. The Morgan fingerprint density at radius 2 is 1.67 bits per heavy atom. The van der Waals surface area contributed by atoms with E-state index in [1.165, 1.54) is 12.8 Å². The largest absolute Gasteiger partial charge is 0.360 e. The molecule has 2 nitrogen and oxygen atoms in total. The molecule has 0 atom stereocenters. The van der Waals surface area contributed by atoms with Gasteiger partial charge in [-0.05, 0) is 37.2 Å². The van der Waals surface area contributed by atoms with Crippen LogP contribution in [-0.4, -0.2) is 11.2 Å². The third-order valence-corrected chi connectivity index (χ3v) is 3.97. The van der Waals surface area contributed by atoms with Crippen LogP contribution < -0.4 is 10.6 Å². The topological polar surface area (TPSA) is 24.1 Å². The molecule has 0 saturated heterocycles. The molecular formula is C12H13Cl3N2S. The van der Waals surface area contributed by atoms with E-state index in [4.69, 9.17) is 47.0 Å². The molecule has 1 saturated carbocycles. The van der Waals surface area contributed by atoms with Crippen LogP contribution in [0.2, 0.25) is 15.1 Å². The minimum absolute atomic E-state index is 0.454. The van der Waals surface area contributed by atoms with E-state index in [1.807, 2.05) is 0 Å². The molecule has 0 aromatic heterocycles. The number of anilines is 1. The van der Waals surface area contributed by atoms with Gasteiger partial charge in [-0.2, -0.15) is 0 Å². The number of thiocarbonyl (C=S) groups is 1. The van der Waals surface area contributed by atoms with Gasteiger partial charge in [0.15, 0.2) is 5.11 Å². The van der Waals surface area contributed by atoms with Gasteiger partial charge >= 0.3 is 0 Å². The van der Waals surface area contributed by atoms with Crippen LogP contribution in [0.3, 0.4) is 0 Å². The zero-order chi connectivity index (χ0) is 13.1. The lowest BCUT2D eigenvalue weighted by atomic mass is 10.2. The number of hydrogen-bond donors (Lipinski definition) is 2. The van der Waals surface area contributed by atoms with Gasteiger partial charge in [-0.3, -0.25) is 0 Å². The van der Waals surface area contributed by atoms with Crippen LogP contribution in [0.5, 0.6) is 0 Å². The molecule has 0 heterocycles. The Bertz CT molecular complexity index is 436. The van der Waals surface area contributed by atoms with Gasteiger partial charge in [0.1, 0.15) is 0 Å². The summed E-state index contributed by atoms with van der Waals surface area (Å²) in [6, 6.07) is 3.72. The van der Waals surface area contributed by atoms with E-state index in [2.05, 4.69) is 10.6 Å². The summed E-state index contributed by atoms with van der Waals surface area (Å²) >= 11 is 23.3. The normalized spacial score (nSPS) is 15.7. The first-order chi connectivity index (χ1) is 8.56. The first-order valence-corrected chi connectivity index (χ1v) is 7.32. The van der Waals surface area contributed by atoms with E-state index in [9.17, 15) is 0 Å². The Morgan fingerprint density at radius 1 is 1.11 bits per heavy atom. The molecule has 1 fully saturated rings. The molecule has 1 aliphatic rings. The second-order valence-corrected chi connectivity index (χ2v) is 5.98. The molecule has 98 valence electrons.